The molecule has 0 atom stereocenters. The van der Waals surface area contributed by atoms with E-state index in [0.29, 0.717) is 12.2 Å². The van der Waals surface area contributed by atoms with Gasteiger partial charge in [0.05, 0.1) is 12.0 Å². The van der Waals surface area contributed by atoms with Crippen LogP contribution < -0.4 is 5.32 Å². The van der Waals surface area contributed by atoms with Crippen LogP contribution in [0.4, 0.5) is 0 Å². The molecule has 3 aromatic heterocycles. The Morgan fingerprint density at radius 3 is 2.82 bits per heavy atom. The molecule has 0 radical (unpaired) electrons. The number of hydrogen-bond donors (Lipinski definition) is 1. The summed E-state index contributed by atoms with van der Waals surface area (Å²) < 4.78 is 6.86. The van der Waals surface area contributed by atoms with Crippen LogP contribution in [0.2, 0.25) is 0 Å². The second-order valence-corrected chi connectivity index (χ2v) is 5.01. The van der Waals surface area contributed by atoms with Gasteiger partial charge in [-0.3, -0.25) is 14.5 Å². The van der Waals surface area contributed by atoms with E-state index in [4.69, 9.17) is 4.42 Å². The molecule has 3 aromatic rings. The third kappa shape index (κ3) is 2.90. The minimum absolute atomic E-state index is 0.154. The molecule has 0 spiro atoms. The number of carbonyl (C=O) groups excluding carboxylic acids is 1. The fourth-order valence-electron chi connectivity index (χ4n) is 2.20. The van der Waals surface area contributed by atoms with Gasteiger partial charge in [0.15, 0.2) is 5.76 Å². The van der Waals surface area contributed by atoms with Crippen molar-refractivity contribution in [2.45, 2.75) is 13.5 Å². The van der Waals surface area contributed by atoms with E-state index in [0.717, 1.165) is 22.7 Å². The highest BCUT2D eigenvalue weighted by atomic mass is 16.3. The number of nitrogens with one attached hydrogen (secondary N) is 1. The van der Waals surface area contributed by atoms with Crippen molar-refractivity contribution in [3.8, 4) is 11.5 Å². The lowest BCUT2D eigenvalue weighted by Crippen LogP contribution is -2.25. The molecule has 0 bridgehead atoms. The predicted molar refractivity (Wildman–Crippen MR) is 81.1 cm³/mol. The average molecular weight is 296 g/mol. The summed E-state index contributed by atoms with van der Waals surface area (Å²) in [4.78, 5) is 16.4. The van der Waals surface area contributed by atoms with Crippen LogP contribution in [0.1, 0.15) is 21.7 Å². The first-order valence-corrected chi connectivity index (χ1v) is 6.91. The smallest absolute Gasteiger partial charge is 0.269 e. The first-order valence-electron chi connectivity index (χ1n) is 6.91. The SMILES string of the molecule is Cc1cc(C(=O)NCc2ccc(-c3ccco3)nc2)n(C)n1. The highest BCUT2D eigenvalue weighted by Gasteiger charge is 2.11. The summed E-state index contributed by atoms with van der Waals surface area (Å²) >= 11 is 0. The highest BCUT2D eigenvalue weighted by molar-refractivity contribution is 5.92. The molecular formula is C16H16N4O2. The van der Waals surface area contributed by atoms with Crippen LogP contribution in [-0.2, 0) is 13.6 Å². The fraction of sp³-hybridized carbons (Fsp3) is 0.188. The number of amides is 1. The van der Waals surface area contributed by atoms with Crippen molar-refractivity contribution in [1.82, 2.24) is 20.1 Å². The van der Waals surface area contributed by atoms with Crippen molar-refractivity contribution in [2.75, 3.05) is 0 Å². The monoisotopic (exact) mass is 296 g/mol. The largest absolute Gasteiger partial charge is 0.463 e. The second kappa shape index (κ2) is 5.85. The molecule has 112 valence electrons. The van der Waals surface area contributed by atoms with Crippen molar-refractivity contribution in [3.63, 3.8) is 0 Å². The summed E-state index contributed by atoms with van der Waals surface area (Å²) in [5, 5.41) is 7.02. The lowest BCUT2D eigenvalue weighted by Gasteiger charge is -2.05. The number of hydrogen-bond acceptors (Lipinski definition) is 4. The Bertz CT molecular complexity index is 773. The Morgan fingerprint density at radius 1 is 1.36 bits per heavy atom. The van der Waals surface area contributed by atoms with Gasteiger partial charge >= 0.3 is 0 Å². The maximum atomic E-state index is 12.1. The quantitative estimate of drug-likeness (QED) is 0.802. The zero-order chi connectivity index (χ0) is 15.5. The van der Waals surface area contributed by atoms with Gasteiger partial charge in [-0.05, 0) is 36.8 Å². The van der Waals surface area contributed by atoms with E-state index in [1.807, 2.05) is 31.2 Å². The van der Waals surface area contributed by atoms with E-state index in [1.165, 1.54) is 0 Å². The average Bonchev–Trinajstić information content (AvgIpc) is 3.15. The van der Waals surface area contributed by atoms with Crippen LogP contribution in [0.3, 0.4) is 0 Å². The molecule has 3 rings (SSSR count). The Kier molecular flexibility index (Phi) is 3.74. The zero-order valence-electron chi connectivity index (χ0n) is 12.4. The molecule has 6 nitrogen and oxygen atoms in total. The third-order valence-corrected chi connectivity index (χ3v) is 3.29. The van der Waals surface area contributed by atoms with E-state index >= 15 is 0 Å². The van der Waals surface area contributed by atoms with Crippen LogP contribution in [0, 0.1) is 6.92 Å². The Balaban J connectivity index is 1.64. The van der Waals surface area contributed by atoms with E-state index < -0.39 is 0 Å². The van der Waals surface area contributed by atoms with Crippen LogP contribution >= 0.6 is 0 Å². The molecule has 0 aromatic carbocycles. The van der Waals surface area contributed by atoms with Crippen molar-refractivity contribution in [2.24, 2.45) is 7.05 Å². The van der Waals surface area contributed by atoms with E-state index in [2.05, 4.69) is 15.4 Å². The maximum absolute atomic E-state index is 12.1. The standard InChI is InChI=1S/C16H16N4O2/c1-11-8-14(20(2)19-11)16(21)18-10-12-5-6-13(17-9-12)15-4-3-7-22-15/h3-9H,10H2,1-2H3,(H,18,21). The molecule has 0 saturated carbocycles. The van der Waals surface area contributed by atoms with Crippen molar-refractivity contribution in [3.05, 3.63) is 59.7 Å². The van der Waals surface area contributed by atoms with Gasteiger partial charge in [0, 0.05) is 19.8 Å². The summed E-state index contributed by atoms with van der Waals surface area (Å²) in [5.74, 6) is 0.569. The lowest BCUT2D eigenvalue weighted by molar-refractivity contribution is 0.0941. The third-order valence-electron chi connectivity index (χ3n) is 3.29. The number of carbonyl (C=O) groups is 1. The molecule has 1 amide bonds. The number of nitrogens with zero attached hydrogens (tertiary/aromatic N) is 3. The van der Waals surface area contributed by atoms with Crippen LogP contribution in [-0.4, -0.2) is 20.7 Å². The number of rotatable bonds is 4. The molecule has 0 saturated heterocycles. The number of aromatic nitrogens is 3. The molecule has 0 aliphatic rings. The van der Waals surface area contributed by atoms with Crippen molar-refractivity contribution in [1.29, 1.82) is 0 Å². The Labute approximate surface area is 127 Å². The predicted octanol–water partition coefficient (Wildman–Crippen LogP) is 2.31. The molecule has 0 fully saturated rings. The van der Waals surface area contributed by atoms with Crippen LogP contribution in [0.25, 0.3) is 11.5 Å². The van der Waals surface area contributed by atoms with Gasteiger partial charge in [-0.1, -0.05) is 6.07 Å². The summed E-state index contributed by atoms with van der Waals surface area (Å²) in [6.07, 6.45) is 3.34. The molecule has 0 aliphatic carbocycles. The van der Waals surface area contributed by atoms with Gasteiger partial charge in [0.25, 0.3) is 5.91 Å². The maximum Gasteiger partial charge on any atom is 0.269 e. The molecule has 3 heterocycles. The number of pyridine rings is 1. The minimum Gasteiger partial charge on any atom is -0.463 e. The molecule has 6 heteroatoms. The van der Waals surface area contributed by atoms with E-state index in [1.54, 1.807) is 30.3 Å². The van der Waals surface area contributed by atoms with Gasteiger partial charge in [-0.25, -0.2) is 0 Å². The lowest BCUT2D eigenvalue weighted by atomic mass is 10.2. The van der Waals surface area contributed by atoms with E-state index in [9.17, 15) is 4.79 Å². The summed E-state index contributed by atoms with van der Waals surface area (Å²) in [7, 11) is 1.75. The first kappa shape index (κ1) is 14.1. The van der Waals surface area contributed by atoms with E-state index in [-0.39, 0.29) is 5.91 Å². The molecular weight excluding hydrogens is 280 g/mol. The van der Waals surface area contributed by atoms with Crippen LogP contribution in [0.15, 0.2) is 47.2 Å². The van der Waals surface area contributed by atoms with Crippen molar-refractivity contribution >= 4 is 5.91 Å². The summed E-state index contributed by atoms with van der Waals surface area (Å²) in [5.41, 5.74) is 3.04. The Morgan fingerprint density at radius 2 is 2.23 bits per heavy atom. The zero-order valence-corrected chi connectivity index (χ0v) is 12.4. The molecule has 22 heavy (non-hydrogen) atoms. The van der Waals surface area contributed by atoms with Gasteiger partial charge in [0.2, 0.25) is 0 Å². The van der Waals surface area contributed by atoms with Gasteiger partial charge in [-0.15, -0.1) is 0 Å². The molecule has 0 aliphatic heterocycles. The van der Waals surface area contributed by atoms with Gasteiger partial charge < -0.3 is 9.73 Å². The topological polar surface area (TPSA) is 73.0 Å². The minimum atomic E-state index is -0.154. The normalized spacial score (nSPS) is 10.6. The fourth-order valence-corrected chi connectivity index (χ4v) is 2.20. The van der Waals surface area contributed by atoms with Crippen LogP contribution in [0.5, 0.6) is 0 Å². The molecule has 0 unspecified atom stereocenters. The Hall–Kier alpha value is -2.89. The van der Waals surface area contributed by atoms with Gasteiger partial charge in [-0.2, -0.15) is 5.10 Å². The second-order valence-electron chi connectivity index (χ2n) is 5.01. The highest BCUT2D eigenvalue weighted by Crippen LogP contribution is 2.17. The first-order chi connectivity index (χ1) is 10.6. The number of furan rings is 1. The summed E-state index contributed by atoms with van der Waals surface area (Å²) in [6, 6.07) is 9.22. The molecule has 1 N–H and O–H groups in total. The van der Waals surface area contributed by atoms with Gasteiger partial charge in [0.1, 0.15) is 11.4 Å². The number of aryl methyl sites for hydroxylation is 2. The summed E-state index contributed by atoms with van der Waals surface area (Å²) in [6.45, 7) is 2.27. The van der Waals surface area contributed by atoms with Crippen molar-refractivity contribution < 1.29 is 9.21 Å².